The van der Waals surface area contributed by atoms with E-state index in [4.69, 9.17) is 4.74 Å². The number of nitrogens with zero attached hydrogens (tertiary/aromatic N) is 2. The van der Waals surface area contributed by atoms with Crippen LogP contribution in [-0.2, 0) is 21.1 Å². The third-order valence-corrected chi connectivity index (χ3v) is 8.84. The summed E-state index contributed by atoms with van der Waals surface area (Å²) in [7, 11) is -3.11. The van der Waals surface area contributed by atoms with Crippen molar-refractivity contribution in [2.24, 2.45) is 4.99 Å². The quantitative estimate of drug-likeness (QED) is 0.567. The third kappa shape index (κ3) is 5.35. The number of amides is 1. The molecule has 2 unspecified atom stereocenters. The maximum Gasteiger partial charge on any atom is 0.252 e. The van der Waals surface area contributed by atoms with Gasteiger partial charge in [-0.25, -0.2) is 8.42 Å². The Bertz CT molecular complexity index is 1110. The number of thioether (sulfide) groups is 1. The lowest BCUT2D eigenvalue weighted by molar-refractivity contribution is -0.117. The molecule has 0 aromatic heterocycles. The van der Waals surface area contributed by atoms with Crippen molar-refractivity contribution in [2.75, 3.05) is 23.0 Å². The molecule has 2 heterocycles. The smallest absolute Gasteiger partial charge is 0.252 e. The molecule has 2 saturated heterocycles. The topological polar surface area (TPSA) is 76.0 Å². The van der Waals surface area contributed by atoms with Gasteiger partial charge in [-0.05, 0) is 31.0 Å². The Labute approximate surface area is 194 Å². The first-order valence-corrected chi connectivity index (χ1v) is 13.6. The molecule has 2 aromatic rings. The van der Waals surface area contributed by atoms with Crippen LogP contribution in [0.1, 0.15) is 30.9 Å². The van der Waals surface area contributed by atoms with E-state index in [1.165, 1.54) is 11.8 Å². The number of ether oxygens (including phenoxy) is 1. The summed E-state index contributed by atoms with van der Waals surface area (Å²) in [5, 5.41) is 0.438. The number of unbranched alkanes of at least 4 members (excludes halogenated alkanes) is 1. The molecule has 0 spiro atoms. The molecule has 0 bridgehead atoms. The lowest BCUT2D eigenvalue weighted by Gasteiger charge is -2.25. The Kier molecular flexibility index (Phi) is 6.90. The molecule has 2 aliphatic rings. The molecule has 0 N–H and O–H groups in total. The molecule has 2 fully saturated rings. The SMILES string of the molecule is CCCCOc1cccc(N2C(=NC(=O)Cc3ccc(C)cc3)SC3CS(=O)(=O)CC32)c1. The van der Waals surface area contributed by atoms with Gasteiger partial charge in [-0.1, -0.05) is 61.0 Å². The van der Waals surface area contributed by atoms with Crippen LogP contribution >= 0.6 is 11.8 Å². The first-order valence-electron chi connectivity index (χ1n) is 10.9. The Morgan fingerprint density at radius 3 is 2.72 bits per heavy atom. The molecule has 0 saturated carbocycles. The largest absolute Gasteiger partial charge is 0.494 e. The summed E-state index contributed by atoms with van der Waals surface area (Å²) in [5.74, 6) is 0.670. The van der Waals surface area contributed by atoms with Gasteiger partial charge in [-0.2, -0.15) is 4.99 Å². The van der Waals surface area contributed by atoms with Crippen LogP contribution in [0, 0.1) is 6.92 Å². The van der Waals surface area contributed by atoms with Crippen molar-refractivity contribution in [3.05, 3.63) is 59.7 Å². The molecular formula is C24H28N2O4S2. The zero-order valence-corrected chi connectivity index (χ0v) is 20.0. The van der Waals surface area contributed by atoms with E-state index in [0.717, 1.165) is 35.4 Å². The van der Waals surface area contributed by atoms with E-state index in [1.54, 1.807) is 0 Å². The Morgan fingerprint density at radius 1 is 1.19 bits per heavy atom. The number of carbonyl (C=O) groups is 1. The van der Waals surface area contributed by atoms with Crippen molar-refractivity contribution in [1.82, 2.24) is 0 Å². The Morgan fingerprint density at radius 2 is 1.97 bits per heavy atom. The second-order valence-corrected chi connectivity index (χ2v) is 11.7. The molecule has 0 radical (unpaired) electrons. The zero-order chi connectivity index (χ0) is 22.7. The monoisotopic (exact) mass is 472 g/mol. The zero-order valence-electron chi connectivity index (χ0n) is 18.4. The number of aliphatic imine (C=N–C) groups is 1. The molecule has 32 heavy (non-hydrogen) atoms. The summed E-state index contributed by atoms with van der Waals surface area (Å²) in [6, 6.07) is 15.2. The highest BCUT2D eigenvalue weighted by Gasteiger charge is 2.49. The summed E-state index contributed by atoms with van der Waals surface area (Å²) >= 11 is 1.39. The van der Waals surface area contributed by atoms with Gasteiger partial charge in [0.05, 0.1) is 30.6 Å². The second-order valence-electron chi connectivity index (χ2n) is 8.32. The third-order valence-electron chi connectivity index (χ3n) is 5.63. The predicted molar refractivity (Wildman–Crippen MR) is 130 cm³/mol. The van der Waals surface area contributed by atoms with E-state index in [1.807, 2.05) is 60.4 Å². The molecular weight excluding hydrogens is 444 g/mol. The average molecular weight is 473 g/mol. The summed E-state index contributed by atoms with van der Waals surface area (Å²) in [6.07, 6.45) is 2.23. The fraction of sp³-hybridized carbons (Fsp3) is 0.417. The number of fused-ring (bicyclic) bond motifs is 1. The molecule has 6 nitrogen and oxygen atoms in total. The van der Waals surface area contributed by atoms with Crippen LogP contribution < -0.4 is 9.64 Å². The first-order chi connectivity index (χ1) is 15.3. The summed E-state index contributed by atoms with van der Waals surface area (Å²) in [6.45, 7) is 4.75. The fourth-order valence-corrected chi connectivity index (χ4v) is 7.88. The number of hydrogen-bond donors (Lipinski definition) is 0. The number of rotatable bonds is 7. The van der Waals surface area contributed by atoms with Gasteiger partial charge in [0, 0.05) is 17.0 Å². The Hall–Kier alpha value is -2.32. The first kappa shape index (κ1) is 22.9. The Balaban J connectivity index is 1.60. The van der Waals surface area contributed by atoms with Crippen molar-refractivity contribution < 1.29 is 17.9 Å². The molecule has 4 rings (SSSR count). The number of benzene rings is 2. The van der Waals surface area contributed by atoms with E-state index in [-0.39, 0.29) is 35.1 Å². The van der Waals surface area contributed by atoms with Gasteiger partial charge >= 0.3 is 0 Å². The number of amidine groups is 1. The molecule has 170 valence electrons. The van der Waals surface area contributed by atoms with Crippen molar-refractivity contribution in [1.29, 1.82) is 0 Å². The van der Waals surface area contributed by atoms with Crippen LogP contribution in [0.5, 0.6) is 5.75 Å². The molecule has 2 aromatic carbocycles. The molecule has 1 amide bonds. The van der Waals surface area contributed by atoms with Crippen molar-refractivity contribution in [3.8, 4) is 5.75 Å². The van der Waals surface area contributed by atoms with Crippen molar-refractivity contribution in [2.45, 2.75) is 44.4 Å². The molecule has 0 aliphatic carbocycles. The van der Waals surface area contributed by atoms with Gasteiger partial charge in [0.1, 0.15) is 5.75 Å². The van der Waals surface area contributed by atoms with Gasteiger partial charge < -0.3 is 9.64 Å². The molecule has 2 atom stereocenters. The minimum atomic E-state index is -3.11. The number of anilines is 1. The van der Waals surface area contributed by atoms with Gasteiger partial charge in [0.15, 0.2) is 15.0 Å². The van der Waals surface area contributed by atoms with E-state index < -0.39 is 9.84 Å². The van der Waals surface area contributed by atoms with E-state index in [0.29, 0.717) is 11.8 Å². The van der Waals surface area contributed by atoms with Crippen LogP contribution in [0.4, 0.5) is 5.69 Å². The maximum atomic E-state index is 12.7. The van der Waals surface area contributed by atoms with Crippen LogP contribution in [0.25, 0.3) is 0 Å². The number of carbonyl (C=O) groups excluding carboxylic acids is 1. The highest BCUT2D eigenvalue weighted by Crippen LogP contribution is 2.41. The summed E-state index contributed by atoms with van der Waals surface area (Å²) < 4.78 is 30.4. The number of aryl methyl sites for hydroxylation is 1. The van der Waals surface area contributed by atoms with Crippen LogP contribution in [0.3, 0.4) is 0 Å². The van der Waals surface area contributed by atoms with Crippen molar-refractivity contribution in [3.63, 3.8) is 0 Å². The fourth-order valence-electron chi connectivity index (χ4n) is 3.95. The van der Waals surface area contributed by atoms with E-state index >= 15 is 0 Å². The standard InChI is InChI=1S/C24H28N2O4S2/c1-3-4-12-30-20-7-5-6-19(14-20)26-21-15-32(28,29)16-22(21)31-24(26)25-23(27)13-18-10-8-17(2)9-11-18/h5-11,14,21-22H,3-4,12-13,15-16H2,1-2H3. The summed E-state index contributed by atoms with van der Waals surface area (Å²) in [4.78, 5) is 19.1. The molecule has 8 heteroatoms. The van der Waals surface area contributed by atoms with Gasteiger partial charge in [0.25, 0.3) is 5.91 Å². The van der Waals surface area contributed by atoms with Crippen LogP contribution in [-0.4, -0.2) is 48.9 Å². The number of hydrogen-bond acceptors (Lipinski definition) is 5. The maximum absolute atomic E-state index is 12.7. The van der Waals surface area contributed by atoms with Gasteiger partial charge in [-0.3, -0.25) is 4.79 Å². The lowest BCUT2D eigenvalue weighted by Crippen LogP contribution is -2.37. The van der Waals surface area contributed by atoms with Gasteiger partial charge in [0.2, 0.25) is 0 Å². The van der Waals surface area contributed by atoms with Crippen molar-refractivity contribution >= 4 is 38.4 Å². The second kappa shape index (κ2) is 9.67. The van der Waals surface area contributed by atoms with E-state index in [2.05, 4.69) is 11.9 Å². The minimum absolute atomic E-state index is 0.0662. The number of sulfone groups is 1. The van der Waals surface area contributed by atoms with Crippen LogP contribution in [0.2, 0.25) is 0 Å². The predicted octanol–water partition coefficient (Wildman–Crippen LogP) is 4.02. The highest BCUT2D eigenvalue weighted by molar-refractivity contribution is 8.16. The lowest BCUT2D eigenvalue weighted by atomic mass is 10.1. The highest BCUT2D eigenvalue weighted by atomic mass is 32.2. The van der Waals surface area contributed by atoms with Crippen LogP contribution in [0.15, 0.2) is 53.5 Å². The summed E-state index contributed by atoms with van der Waals surface area (Å²) in [5.41, 5.74) is 2.85. The average Bonchev–Trinajstić information content (AvgIpc) is 3.20. The minimum Gasteiger partial charge on any atom is -0.494 e. The van der Waals surface area contributed by atoms with Gasteiger partial charge in [-0.15, -0.1) is 0 Å². The normalized spacial score (nSPS) is 22.8. The molecule has 2 aliphatic heterocycles. The van der Waals surface area contributed by atoms with E-state index in [9.17, 15) is 13.2 Å².